The van der Waals surface area contributed by atoms with E-state index in [2.05, 4.69) is 15.9 Å². The Kier molecular flexibility index (Phi) is 6.67. The van der Waals surface area contributed by atoms with Crippen LogP contribution in [0.3, 0.4) is 0 Å². The summed E-state index contributed by atoms with van der Waals surface area (Å²) in [5.74, 6) is -2.46. The number of carbonyl (C=O) groups is 5. The molecule has 0 aromatic heterocycles. The van der Waals surface area contributed by atoms with Gasteiger partial charge < -0.3 is 9.47 Å². The molecule has 40 heavy (non-hydrogen) atoms. The summed E-state index contributed by atoms with van der Waals surface area (Å²) >= 11 is 3.31. The summed E-state index contributed by atoms with van der Waals surface area (Å²) in [4.78, 5) is 65.0. The summed E-state index contributed by atoms with van der Waals surface area (Å²) in [7, 11) is 0. The third-order valence-corrected chi connectivity index (χ3v) is 8.14. The minimum absolute atomic E-state index is 0.0863. The number of benzene rings is 3. The van der Waals surface area contributed by atoms with Crippen molar-refractivity contribution in [2.45, 2.75) is 6.42 Å². The van der Waals surface area contributed by atoms with Gasteiger partial charge in [0.25, 0.3) is 0 Å². The van der Waals surface area contributed by atoms with Gasteiger partial charge in [-0.05, 0) is 85.0 Å². The summed E-state index contributed by atoms with van der Waals surface area (Å²) in [5, 5.41) is 0. The zero-order valence-corrected chi connectivity index (χ0v) is 22.6. The second kappa shape index (κ2) is 10.3. The van der Waals surface area contributed by atoms with E-state index in [1.807, 2.05) is 12.2 Å². The number of carbonyl (C=O) groups excluding carboxylic acids is 5. The molecule has 3 aliphatic rings. The molecule has 9 heteroatoms. The lowest BCUT2D eigenvalue weighted by atomic mass is 9.85. The Morgan fingerprint density at radius 1 is 0.775 bits per heavy atom. The number of ether oxygens (including phenoxy) is 2. The van der Waals surface area contributed by atoms with Gasteiger partial charge in [0, 0.05) is 10.0 Å². The number of esters is 2. The van der Waals surface area contributed by atoms with Crippen LogP contribution in [0.5, 0.6) is 5.75 Å². The lowest BCUT2D eigenvalue weighted by Crippen LogP contribution is -2.33. The van der Waals surface area contributed by atoms with Gasteiger partial charge >= 0.3 is 11.9 Å². The lowest BCUT2D eigenvalue weighted by Gasteiger charge is -2.18. The van der Waals surface area contributed by atoms with Crippen molar-refractivity contribution in [2.75, 3.05) is 11.5 Å². The number of fused-ring (bicyclic) bond motifs is 5. The SMILES string of the molecule is O=C(COC(=O)c1cccc(N2C(=O)C3C4C=CC(C4)C3C2=O)c1)c1ccc(OC(=O)c2ccc(Br)cc2)cc1. The molecular weight excluding hydrogens is 578 g/mol. The molecule has 2 fully saturated rings. The summed E-state index contributed by atoms with van der Waals surface area (Å²) in [6, 6.07) is 18.8. The first-order chi connectivity index (χ1) is 19.3. The van der Waals surface area contributed by atoms with Crippen molar-refractivity contribution in [1.29, 1.82) is 0 Å². The molecule has 3 aromatic carbocycles. The van der Waals surface area contributed by atoms with Gasteiger partial charge in [0.05, 0.1) is 28.7 Å². The van der Waals surface area contributed by atoms with Crippen LogP contribution < -0.4 is 9.64 Å². The first-order valence-electron chi connectivity index (χ1n) is 12.7. The smallest absolute Gasteiger partial charge is 0.343 e. The standard InChI is InChI=1S/C31H22BrNO7/c32-22-10-6-18(7-11-22)31(38)40-24-12-8-17(9-13-24)25(34)16-39-30(37)21-2-1-3-23(15-21)33-28(35)26-19-4-5-20(14-19)27(26)29(33)36/h1-13,15,19-20,26-27H,14,16H2. The predicted molar refractivity (Wildman–Crippen MR) is 147 cm³/mol. The third-order valence-electron chi connectivity index (χ3n) is 7.61. The average Bonchev–Trinajstić information content (AvgIpc) is 3.65. The Labute approximate surface area is 237 Å². The highest BCUT2D eigenvalue weighted by molar-refractivity contribution is 9.10. The highest BCUT2D eigenvalue weighted by Gasteiger charge is 2.59. The fraction of sp³-hybridized carbons (Fsp3) is 0.194. The minimum atomic E-state index is -0.753. The Hall–Kier alpha value is -4.37. The summed E-state index contributed by atoms with van der Waals surface area (Å²) in [6.07, 6.45) is 4.88. The van der Waals surface area contributed by atoms with E-state index in [1.165, 1.54) is 41.3 Å². The number of allylic oxidation sites excluding steroid dienone is 2. The molecular formula is C31H22BrNO7. The number of rotatable bonds is 7. The fourth-order valence-electron chi connectivity index (χ4n) is 5.69. The van der Waals surface area contributed by atoms with Crippen molar-refractivity contribution >= 4 is 51.2 Å². The van der Waals surface area contributed by atoms with Crippen molar-refractivity contribution in [3.05, 3.63) is 106 Å². The summed E-state index contributed by atoms with van der Waals surface area (Å²) < 4.78 is 11.4. The molecule has 2 amide bonds. The summed E-state index contributed by atoms with van der Waals surface area (Å²) in [5.41, 5.74) is 1.09. The fourth-order valence-corrected chi connectivity index (χ4v) is 5.95. The molecule has 0 spiro atoms. The number of amides is 2. The highest BCUT2D eigenvalue weighted by atomic mass is 79.9. The first-order valence-corrected chi connectivity index (χ1v) is 13.5. The van der Waals surface area contributed by atoms with E-state index in [1.54, 1.807) is 36.4 Å². The molecule has 2 aliphatic carbocycles. The van der Waals surface area contributed by atoms with Gasteiger partial charge in [0.2, 0.25) is 11.8 Å². The second-order valence-corrected chi connectivity index (χ2v) is 10.9. The molecule has 1 saturated heterocycles. The van der Waals surface area contributed by atoms with Crippen LogP contribution in [0.1, 0.15) is 37.5 Å². The zero-order chi connectivity index (χ0) is 28.0. The van der Waals surface area contributed by atoms with E-state index in [0.717, 1.165) is 10.9 Å². The topological polar surface area (TPSA) is 107 Å². The second-order valence-electron chi connectivity index (χ2n) is 9.98. The Bertz CT molecular complexity index is 1550. The van der Waals surface area contributed by atoms with E-state index in [-0.39, 0.29) is 52.4 Å². The van der Waals surface area contributed by atoms with Crippen LogP contribution in [-0.4, -0.2) is 36.1 Å². The number of hydrogen-bond acceptors (Lipinski definition) is 7. The van der Waals surface area contributed by atoms with E-state index in [0.29, 0.717) is 11.3 Å². The van der Waals surface area contributed by atoms with Crippen LogP contribution >= 0.6 is 15.9 Å². The number of hydrogen-bond donors (Lipinski definition) is 0. The van der Waals surface area contributed by atoms with Crippen LogP contribution in [0.2, 0.25) is 0 Å². The van der Waals surface area contributed by atoms with Gasteiger partial charge in [-0.1, -0.05) is 34.1 Å². The number of nitrogens with zero attached hydrogens (tertiary/aromatic N) is 1. The largest absolute Gasteiger partial charge is 0.454 e. The van der Waals surface area contributed by atoms with Gasteiger partial charge in [-0.2, -0.15) is 0 Å². The van der Waals surface area contributed by atoms with Crippen molar-refractivity contribution in [1.82, 2.24) is 0 Å². The maximum Gasteiger partial charge on any atom is 0.343 e. The molecule has 0 radical (unpaired) electrons. The van der Waals surface area contributed by atoms with Gasteiger partial charge in [0.1, 0.15) is 5.75 Å². The predicted octanol–water partition coefficient (Wildman–Crippen LogP) is 5.02. The van der Waals surface area contributed by atoms with Gasteiger partial charge in [-0.25, -0.2) is 14.5 Å². The van der Waals surface area contributed by atoms with E-state index < -0.39 is 24.3 Å². The highest BCUT2D eigenvalue weighted by Crippen LogP contribution is 2.53. The van der Waals surface area contributed by atoms with Gasteiger partial charge in [-0.3, -0.25) is 14.4 Å². The molecule has 2 bridgehead atoms. The summed E-state index contributed by atoms with van der Waals surface area (Å²) in [6.45, 7) is -0.512. The monoisotopic (exact) mass is 599 g/mol. The maximum atomic E-state index is 13.1. The molecule has 1 saturated carbocycles. The number of Topliss-reactive ketones (excluding diaryl/α,β-unsaturated/α-hetero) is 1. The average molecular weight is 600 g/mol. The quantitative estimate of drug-likeness (QED) is 0.123. The van der Waals surface area contributed by atoms with E-state index in [9.17, 15) is 24.0 Å². The molecule has 4 atom stereocenters. The molecule has 6 rings (SSSR count). The van der Waals surface area contributed by atoms with Crippen LogP contribution in [0.4, 0.5) is 5.69 Å². The maximum absolute atomic E-state index is 13.1. The number of halogens is 1. The molecule has 8 nitrogen and oxygen atoms in total. The van der Waals surface area contributed by atoms with E-state index in [4.69, 9.17) is 9.47 Å². The molecule has 4 unspecified atom stereocenters. The number of imide groups is 1. The van der Waals surface area contributed by atoms with Crippen LogP contribution in [-0.2, 0) is 14.3 Å². The van der Waals surface area contributed by atoms with Crippen LogP contribution in [0.25, 0.3) is 0 Å². The first kappa shape index (κ1) is 25.9. The molecule has 0 N–H and O–H groups in total. The molecule has 3 aromatic rings. The normalized spacial score (nSPS) is 22.4. The van der Waals surface area contributed by atoms with Crippen molar-refractivity contribution < 1.29 is 33.4 Å². The van der Waals surface area contributed by atoms with Gasteiger partial charge in [-0.15, -0.1) is 0 Å². The Morgan fingerprint density at radius 2 is 1.40 bits per heavy atom. The van der Waals surface area contributed by atoms with Crippen molar-refractivity contribution in [2.24, 2.45) is 23.7 Å². The molecule has 1 heterocycles. The Balaban J connectivity index is 1.06. The van der Waals surface area contributed by atoms with Crippen molar-refractivity contribution in [3.63, 3.8) is 0 Å². The van der Waals surface area contributed by atoms with Crippen LogP contribution in [0.15, 0.2) is 89.4 Å². The number of ketones is 1. The van der Waals surface area contributed by atoms with E-state index >= 15 is 0 Å². The molecule has 200 valence electrons. The zero-order valence-electron chi connectivity index (χ0n) is 21.0. The third kappa shape index (κ3) is 4.66. The van der Waals surface area contributed by atoms with Crippen LogP contribution in [0, 0.1) is 23.7 Å². The Morgan fingerprint density at radius 3 is 2.05 bits per heavy atom. The lowest BCUT2D eigenvalue weighted by molar-refractivity contribution is -0.123. The van der Waals surface area contributed by atoms with Gasteiger partial charge in [0.15, 0.2) is 12.4 Å². The minimum Gasteiger partial charge on any atom is -0.454 e. The van der Waals surface area contributed by atoms with Crippen molar-refractivity contribution in [3.8, 4) is 5.75 Å². The number of anilines is 1. The molecule has 1 aliphatic heterocycles.